The zero-order valence-electron chi connectivity index (χ0n) is 10.2. The van der Waals surface area contributed by atoms with Crippen LogP contribution in [0, 0.1) is 0 Å². The molecule has 0 spiro atoms. The number of hydrogen-bond donors (Lipinski definition) is 2. The predicted octanol–water partition coefficient (Wildman–Crippen LogP) is 2.24. The van der Waals surface area contributed by atoms with Crippen molar-refractivity contribution in [1.29, 1.82) is 0 Å². The van der Waals surface area contributed by atoms with Crippen LogP contribution in [-0.2, 0) is 10.0 Å². The molecule has 0 amide bonds. The van der Waals surface area contributed by atoms with Crippen LogP contribution >= 0.6 is 11.3 Å². The van der Waals surface area contributed by atoms with Gasteiger partial charge in [0.25, 0.3) is 10.0 Å². The largest absolute Gasteiger partial charge is 0.315 e. The van der Waals surface area contributed by atoms with Crippen molar-refractivity contribution in [2.45, 2.75) is 10.1 Å². The Labute approximate surface area is 116 Å². The third-order valence-corrected chi connectivity index (χ3v) is 5.93. The summed E-state index contributed by atoms with van der Waals surface area (Å²) in [6, 6.07) is 11.0. The predicted molar refractivity (Wildman–Crippen MR) is 77.2 cm³/mol. The van der Waals surface area contributed by atoms with Crippen LogP contribution in [0.2, 0.25) is 0 Å². The molecule has 1 aliphatic rings. The van der Waals surface area contributed by atoms with Crippen molar-refractivity contribution in [2.75, 3.05) is 17.8 Å². The monoisotopic (exact) mass is 294 g/mol. The molecule has 0 aliphatic carbocycles. The molecule has 6 heteroatoms. The van der Waals surface area contributed by atoms with Crippen molar-refractivity contribution >= 4 is 27.0 Å². The van der Waals surface area contributed by atoms with Gasteiger partial charge in [-0.3, -0.25) is 4.72 Å². The van der Waals surface area contributed by atoms with Crippen molar-refractivity contribution in [3.05, 3.63) is 47.3 Å². The van der Waals surface area contributed by atoms with Crippen molar-refractivity contribution < 1.29 is 8.42 Å². The molecular formula is C13H14N2O2S2. The lowest BCUT2D eigenvalue weighted by molar-refractivity contribution is 0.448. The molecule has 2 aromatic rings. The molecule has 1 saturated heterocycles. The van der Waals surface area contributed by atoms with Gasteiger partial charge < -0.3 is 5.32 Å². The molecule has 2 heterocycles. The van der Waals surface area contributed by atoms with Crippen LogP contribution < -0.4 is 10.0 Å². The third kappa shape index (κ3) is 2.65. The number of thiophene rings is 1. The van der Waals surface area contributed by atoms with Crippen LogP contribution in [0.3, 0.4) is 0 Å². The zero-order valence-corrected chi connectivity index (χ0v) is 11.8. The summed E-state index contributed by atoms with van der Waals surface area (Å²) in [6.45, 7) is 1.92. The van der Waals surface area contributed by atoms with Crippen molar-refractivity contribution in [3.8, 4) is 0 Å². The van der Waals surface area contributed by atoms with Gasteiger partial charge >= 0.3 is 0 Å². The minimum absolute atomic E-state index is 0.336. The normalized spacial score (nSPS) is 16.0. The van der Waals surface area contributed by atoms with E-state index in [4.69, 9.17) is 0 Å². The average Bonchev–Trinajstić information content (AvgIpc) is 2.80. The summed E-state index contributed by atoms with van der Waals surface area (Å²) in [7, 11) is -3.45. The van der Waals surface area contributed by atoms with Crippen LogP contribution in [-0.4, -0.2) is 21.5 Å². The summed E-state index contributed by atoms with van der Waals surface area (Å²) in [5, 5.41) is 4.97. The highest BCUT2D eigenvalue weighted by molar-refractivity contribution is 7.94. The highest BCUT2D eigenvalue weighted by atomic mass is 32.2. The maximum atomic E-state index is 12.1. The number of sulfonamides is 1. The number of anilines is 1. The zero-order chi connectivity index (χ0) is 13.3. The molecule has 2 N–H and O–H groups in total. The summed E-state index contributed by atoms with van der Waals surface area (Å²) >= 11 is 1.21. The Hall–Kier alpha value is -1.37. The maximum absolute atomic E-state index is 12.1. The van der Waals surface area contributed by atoms with E-state index in [0.717, 1.165) is 13.1 Å². The van der Waals surface area contributed by atoms with E-state index in [9.17, 15) is 8.42 Å². The first-order valence-corrected chi connectivity index (χ1v) is 8.38. The molecule has 0 bridgehead atoms. The first-order chi connectivity index (χ1) is 9.15. The third-order valence-electron chi connectivity index (χ3n) is 3.15. The van der Waals surface area contributed by atoms with Crippen molar-refractivity contribution in [2.24, 2.45) is 0 Å². The van der Waals surface area contributed by atoms with Crippen LogP contribution in [0.4, 0.5) is 5.69 Å². The summed E-state index contributed by atoms with van der Waals surface area (Å²) in [5.41, 5.74) is 1.79. The molecule has 19 heavy (non-hydrogen) atoms. The van der Waals surface area contributed by atoms with Crippen LogP contribution in [0.25, 0.3) is 0 Å². The Morgan fingerprint density at radius 2 is 2.05 bits per heavy atom. The van der Waals surface area contributed by atoms with Crippen LogP contribution in [0.15, 0.2) is 46.0 Å². The van der Waals surface area contributed by atoms with E-state index in [-0.39, 0.29) is 0 Å². The van der Waals surface area contributed by atoms with Gasteiger partial charge in [0.15, 0.2) is 0 Å². The molecule has 1 aromatic heterocycles. The molecule has 1 aliphatic heterocycles. The second-order valence-corrected chi connectivity index (χ2v) is 7.38. The standard InChI is InChI=1S/C13H14N2O2S2/c16-19(17,13-5-2-6-18-13)15-12-4-1-3-10(7-12)11-8-14-9-11/h1-7,11,14-15H,8-9H2. The second kappa shape index (κ2) is 4.96. The molecule has 100 valence electrons. The Morgan fingerprint density at radius 3 is 2.68 bits per heavy atom. The first-order valence-electron chi connectivity index (χ1n) is 6.02. The smallest absolute Gasteiger partial charge is 0.271 e. The Kier molecular flexibility index (Phi) is 3.30. The fourth-order valence-corrected chi connectivity index (χ4v) is 4.04. The van der Waals surface area contributed by atoms with Crippen LogP contribution in [0.1, 0.15) is 11.5 Å². The lowest BCUT2D eigenvalue weighted by Crippen LogP contribution is -2.39. The number of nitrogens with one attached hydrogen (secondary N) is 2. The van der Waals surface area contributed by atoms with Gasteiger partial charge in [-0.1, -0.05) is 18.2 Å². The molecule has 0 atom stereocenters. The maximum Gasteiger partial charge on any atom is 0.271 e. The van der Waals surface area contributed by atoms with Gasteiger partial charge in [-0.15, -0.1) is 11.3 Å². The molecule has 0 radical (unpaired) electrons. The molecule has 0 unspecified atom stereocenters. The fraction of sp³-hybridized carbons (Fsp3) is 0.231. The van der Waals surface area contributed by atoms with Gasteiger partial charge in [0.05, 0.1) is 0 Å². The molecule has 3 rings (SSSR count). The summed E-state index contributed by atoms with van der Waals surface area (Å²) in [5.74, 6) is 0.492. The lowest BCUT2D eigenvalue weighted by Gasteiger charge is -2.27. The number of rotatable bonds is 4. The van der Waals surface area contributed by atoms with Gasteiger partial charge in [-0.25, -0.2) is 8.42 Å². The van der Waals surface area contributed by atoms with Gasteiger partial charge in [0.1, 0.15) is 4.21 Å². The highest BCUT2D eigenvalue weighted by Crippen LogP contribution is 2.25. The first kappa shape index (κ1) is 12.7. The second-order valence-electron chi connectivity index (χ2n) is 4.52. The van der Waals surface area contributed by atoms with Crippen LogP contribution in [0.5, 0.6) is 0 Å². The quantitative estimate of drug-likeness (QED) is 0.909. The fourth-order valence-electron chi connectivity index (χ4n) is 2.00. The molecule has 1 fully saturated rings. The summed E-state index contributed by atoms with van der Waals surface area (Å²) in [4.78, 5) is 0. The van der Waals surface area contributed by atoms with E-state index in [2.05, 4.69) is 10.0 Å². The van der Waals surface area contributed by atoms with Gasteiger partial charge in [-0.05, 0) is 29.1 Å². The Bertz CT molecular complexity index is 662. The van der Waals surface area contributed by atoms with E-state index >= 15 is 0 Å². The topological polar surface area (TPSA) is 58.2 Å². The van der Waals surface area contributed by atoms with E-state index in [1.165, 1.54) is 16.9 Å². The summed E-state index contributed by atoms with van der Waals surface area (Å²) < 4.78 is 27.2. The van der Waals surface area contributed by atoms with Gasteiger partial charge in [0.2, 0.25) is 0 Å². The number of hydrogen-bond acceptors (Lipinski definition) is 4. The molecule has 1 aromatic carbocycles. The molecule has 0 saturated carbocycles. The molecule has 4 nitrogen and oxygen atoms in total. The lowest BCUT2D eigenvalue weighted by atomic mass is 9.94. The van der Waals surface area contributed by atoms with Gasteiger partial charge in [0, 0.05) is 24.7 Å². The van der Waals surface area contributed by atoms with Crippen molar-refractivity contribution in [3.63, 3.8) is 0 Å². The Balaban J connectivity index is 1.83. The summed E-state index contributed by atoms with van der Waals surface area (Å²) in [6.07, 6.45) is 0. The highest BCUT2D eigenvalue weighted by Gasteiger charge is 2.20. The SMILES string of the molecule is O=S(=O)(Nc1cccc(C2CNC2)c1)c1cccs1. The average molecular weight is 294 g/mol. The minimum Gasteiger partial charge on any atom is -0.315 e. The Morgan fingerprint density at radius 1 is 1.21 bits per heavy atom. The molecular weight excluding hydrogens is 280 g/mol. The minimum atomic E-state index is -3.45. The van der Waals surface area contributed by atoms with E-state index < -0.39 is 10.0 Å². The van der Waals surface area contributed by atoms with Gasteiger partial charge in [-0.2, -0.15) is 0 Å². The van der Waals surface area contributed by atoms with E-state index in [1.54, 1.807) is 23.6 Å². The van der Waals surface area contributed by atoms with E-state index in [1.807, 2.05) is 18.2 Å². The van der Waals surface area contributed by atoms with E-state index in [0.29, 0.717) is 15.8 Å². The number of benzene rings is 1. The van der Waals surface area contributed by atoms with Crippen molar-refractivity contribution in [1.82, 2.24) is 5.32 Å².